The van der Waals surface area contributed by atoms with E-state index in [2.05, 4.69) is 0 Å². The monoisotopic (exact) mass is 304 g/mol. The molecule has 4 aliphatic carbocycles. The first-order chi connectivity index (χ1) is 10.6. The van der Waals surface area contributed by atoms with Gasteiger partial charge >= 0.3 is 5.97 Å². The normalized spacial score (nSPS) is 39.1. The maximum atomic E-state index is 13.3. The van der Waals surface area contributed by atoms with Crippen LogP contribution in [0.25, 0.3) is 0 Å². The number of carboxylic acids is 1. The summed E-state index contributed by atoms with van der Waals surface area (Å²) in [6.45, 7) is -0.278. The highest BCUT2D eigenvalue weighted by molar-refractivity contribution is 5.68. The van der Waals surface area contributed by atoms with Crippen LogP contribution in [0.4, 0.5) is 4.39 Å². The van der Waals surface area contributed by atoms with E-state index in [1.165, 1.54) is 18.6 Å². The van der Waals surface area contributed by atoms with Crippen LogP contribution in [-0.4, -0.2) is 17.7 Å². The summed E-state index contributed by atoms with van der Waals surface area (Å²) in [7, 11) is 0. The molecular formula is C18H21FO3. The van der Waals surface area contributed by atoms with Crippen LogP contribution in [0.3, 0.4) is 0 Å². The van der Waals surface area contributed by atoms with E-state index in [1.54, 1.807) is 12.1 Å². The zero-order valence-electron chi connectivity index (χ0n) is 12.5. The standard InChI is InChI=1S/C18H21FO3/c19-16-3-1-13(2-4-16)18(22-10-17(20)21)14-6-11-5-12(8-14)9-15(18)7-11/h1-4,11-12,14-15H,5-10H2,(H,20,21). The van der Waals surface area contributed by atoms with Gasteiger partial charge in [-0.05, 0) is 73.5 Å². The molecule has 5 rings (SSSR count). The largest absolute Gasteiger partial charge is 0.480 e. The van der Waals surface area contributed by atoms with Gasteiger partial charge in [-0.1, -0.05) is 12.1 Å². The van der Waals surface area contributed by atoms with Crippen LogP contribution >= 0.6 is 0 Å². The minimum absolute atomic E-state index is 0.263. The molecule has 0 saturated heterocycles. The third-order valence-electron chi connectivity index (χ3n) is 6.08. The third kappa shape index (κ3) is 2.08. The van der Waals surface area contributed by atoms with Gasteiger partial charge in [0.15, 0.2) is 0 Å². The molecule has 1 aromatic rings. The average molecular weight is 304 g/mol. The molecule has 4 heteroatoms. The number of halogens is 1. The minimum atomic E-state index is -0.935. The van der Waals surface area contributed by atoms with Crippen molar-refractivity contribution < 1.29 is 19.0 Å². The zero-order chi connectivity index (χ0) is 15.3. The molecule has 1 aromatic carbocycles. The van der Waals surface area contributed by atoms with E-state index >= 15 is 0 Å². The molecule has 4 bridgehead atoms. The molecule has 0 spiro atoms. The van der Waals surface area contributed by atoms with Crippen molar-refractivity contribution in [1.82, 2.24) is 0 Å². The van der Waals surface area contributed by atoms with Gasteiger partial charge in [-0.3, -0.25) is 0 Å². The van der Waals surface area contributed by atoms with E-state index in [0.29, 0.717) is 11.8 Å². The molecule has 4 aliphatic rings. The SMILES string of the molecule is O=C(O)COC1(c2ccc(F)cc2)C2CC3CC(C2)CC1C3. The second kappa shape index (κ2) is 5.05. The Hall–Kier alpha value is -1.42. The Morgan fingerprint density at radius 3 is 2.14 bits per heavy atom. The summed E-state index contributed by atoms with van der Waals surface area (Å²) < 4.78 is 19.4. The van der Waals surface area contributed by atoms with E-state index in [-0.39, 0.29) is 12.4 Å². The fourth-order valence-electron chi connectivity index (χ4n) is 5.57. The molecule has 4 fully saturated rings. The van der Waals surface area contributed by atoms with Gasteiger partial charge in [0.25, 0.3) is 0 Å². The van der Waals surface area contributed by atoms with E-state index < -0.39 is 11.6 Å². The van der Waals surface area contributed by atoms with Gasteiger partial charge in [-0.2, -0.15) is 0 Å². The maximum Gasteiger partial charge on any atom is 0.329 e. The Morgan fingerprint density at radius 2 is 1.64 bits per heavy atom. The topological polar surface area (TPSA) is 46.5 Å². The van der Waals surface area contributed by atoms with Gasteiger partial charge in [0.1, 0.15) is 12.4 Å². The molecule has 0 unspecified atom stereocenters. The van der Waals surface area contributed by atoms with Gasteiger partial charge in [0.2, 0.25) is 0 Å². The lowest BCUT2D eigenvalue weighted by atomic mass is 9.48. The fraction of sp³-hybridized carbons (Fsp3) is 0.611. The number of rotatable bonds is 4. The summed E-state index contributed by atoms with van der Waals surface area (Å²) in [5.41, 5.74) is 0.434. The van der Waals surface area contributed by atoms with Crippen molar-refractivity contribution in [2.75, 3.05) is 6.61 Å². The lowest BCUT2D eigenvalue weighted by molar-refractivity contribution is -0.215. The summed E-state index contributed by atoms with van der Waals surface area (Å²) in [6.07, 6.45) is 5.79. The van der Waals surface area contributed by atoms with Crippen LogP contribution in [-0.2, 0) is 15.1 Å². The summed E-state index contributed by atoms with van der Waals surface area (Å²) >= 11 is 0. The van der Waals surface area contributed by atoms with E-state index in [4.69, 9.17) is 9.84 Å². The van der Waals surface area contributed by atoms with Crippen molar-refractivity contribution >= 4 is 5.97 Å². The summed E-state index contributed by atoms with van der Waals surface area (Å²) in [5, 5.41) is 9.09. The highest BCUT2D eigenvalue weighted by atomic mass is 19.1. The molecule has 0 atom stereocenters. The van der Waals surface area contributed by atoms with Crippen molar-refractivity contribution in [3.05, 3.63) is 35.6 Å². The maximum absolute atomic E-state index is 13.3. The fourth-order valence-corrected chi connectivity index (χ4v) is 5.57. The number of ether oxygens (including phenoxy) is 1. The Morgan fingerprint density at radius 1 is 1.09 bits per heavy atom. The van der Waals surface area contributed by atoms with Gasteiger partial charge in [0.05, 0.1) is 5.60 Å². The van der Waals surface area contributed by atoms with Gasteiger partial charge in [-0.25, -0.2) is 9.18 Å². The van der Waals surface area contributed by atoms with Crippen molar-refractivity contribution in [2.24, 2.45) is 23.7 Å². The molecule has 0 radical (unpaired) electrons. The first-order valence-corrected chi connectivity index (χ1v) is 8.19. The zero-order valence-corrected chi connectivity index (χ0v) is 12.5. The minimum Gasteiger partial charge on any atom is -0.480 e. The van der Waals surface area contributed by atoms with Gasteiger partial charge < -0.3 is 9.84 Å². The molecule has 3 nitrogen and oxygen atoms in total. The first kappa shape index (κ1) is 14.2. The number of carboxylic acid groups (broad SMARTS) is 1. The average Bonchev–Trinajstić information content (AvgIpc) is 2.47. The number of hydrogen-bond donors (Lipinski definition) is 1. The van der Waals surface area contributed by atoms with Crippen LogP contribution in [0, 0.1) is 29.5 Å². The predicted molar refractivity (Wildman–Crippen MR) is 78.7 cm³/mol. The third-order valence-corrected chi connectivity index (χ3v) is 6.08. The Kier molecular flexibility index (Phi) is 3.26. The highest BCUT2D eigenvalue weighted by Crippen LogP contribution is 2.63. The summed E-state index contributed by atoms with van der Waals surface area (Å²) in [5.74, 6) is 1.08. The van der Waals surface area contributed by atoms with Crippen LogP contribution in [0.2, 0.25) is 0 Å². The number of carbonyl (C=O) groups is 1. The van der Waals surface area contributed by atoms with Crippen LogP contribution in [0.15, 0.2) is 24.3 Å². The molecule has 0 aliphatic heterocycles. The molecule has 0 heterocycles. The van der Waals surface area contributed by atoms with E-state index in [9.17, 15) is 9.18 Å². The molecule has 1 N–H and O–H groups in total. The van der Waals surface area contributed by atoms with Crippen LogP contribution in [0.5, 0.6) is 0 Å². The van der Waals surface area contributed by atoms with Crippen molar-refractivity contribution in [3.8, 4) is 0 Å². The molecule has 22 heavy (non-hydrogen) atoms. The van der Waals surface area contributed by atoms with Crippen molar-refractivity contribution in [2.45, 2.75) is 37.7 Å². The molecular weight excluding hydrogens is 283 g/mol. The lowest BCUT2D eigenvalue weighted by Gasteiger charge is -2.60. The van der Waals surface area contributed by atoms with Gasteiger partial charge in [0, 0.05) is 0 Å². The van der Waals surface area contributed by atoms with Crippen LogP contribution in [0.1, 0.15) is 37.7 Å². The Bertz CT molecular complexity index is 552. The molecule has 118 valence electrons. The van der Waals surface area contributed by atoms with Gasteiger partial charge in [-0.15, -0.1) is 0 Å². The molecule has 0 amide bonds. The van der Waals surface area contributed by atoms with E-state index in [0.717, 1.165) is 43.1 Å². The smallest absolute Gasteiger partial charge is 0.329 e. The quantitative estimate of drug-likeness (QED) is 0.925. The lowest BCUT2D eigenvalue weighted by Crippen LogP contribution is -2.57. The second-order valence-corrected chi connectivity index (χ2v) is 7.29. The first-order valence-electron chi connectivity index (χ1n) is 8.19. The number of aliphatic carboxylic acids is 1. The summed E-state index contributed by atoms with van der Waals surface area (Å²) in [6, 6.07) is 6.51. The van der Waals surface area contributed by atoms with Crippen LogP contribution < -0.4 is 0 Å². The van der Waals surface area contributed by atoms with E-state index in [1.807, 2.05) is 0 Å². The summed E-state index contributed by atoms with van der Waals surface area (Å²) in [4.78, 5) is 11.1. The highest BCUT2D eigenvalue weighted by Gasteiger charge is 2.59. The molecule has 0 aromatic heterocycles. The second-order valence-electron chi connectivity index (χ2n) is 7.29. The molecule has 4 saturated carbocycles. The van der Waals surface area contributed by atoms with Crippen molar-refractivity contribution in [1.29, 1.82) is 0 Å². The van der Waals surface area contributed by atoms with Crippen molar-refractivity contribution in [3.63, 3.8) is 0 Å². The Labute approximate surface area is 129 Å². The predicted octanol–water partition coefficient (Wildman–Crippen LogP) is 3.58. The number of hydrogen-bond acceptors (Lipinski definition) is 2. The number of benzene rings is 1. The Balaban J connectivity index is 1.75.